The summed E-state index contributed by atoms with van der Waals surface area (Å²) in [5.74, 6) is 0.161. The summed E-state index contributed by atoms with van der Waals surface area (Å²) in [7, 11) is 0. The Balaban J connectivity index is 1.62. The number of halogens is 2. The zero-order valence-electron chi connectivity index (χ0n) is 21.2. The van der Waals surface area contributed by atoms with Crippen LogP contribution in [0.15, 0.2) is 93.9 Å². The Morgan fingerprint density at radius 2 is 1.82 bits per heavy atom. The van der Waals surface area contributed by atoms with Gasteiger partial charge in [-0.3, -0.25) is 9.36 Å². The summed E-state index contributed by atoms with van der Waals surface area (Å²) in [5, 5.41) is 0.932. The number of aromatic nitrogens is 1. The Bertz CT molecular complexity index is 1740. The van der Waals surface area contributed by atoms with Gasteiger partial charge in [-0.1, -0.05) is 83.1 Å². The summed E-state index contributed by atoms with van der Waals surface area (Å²) >= 11 is 13.6. The van der Waals surface area contributed by atoms with Gasteiger partial charge in [-0.15, -0.1) is 0 Å². The maximum Gasteiger partial charge on any atom is 0.338 e. The number of carbonyl (C=O) groups excluding carboxylic acids is 1. The number of allylic oxidation sites excluding steroid dienone is 1. The van der Waals surface area contributed by atoms with Crippen LogP contribution in [0.25, 0.3) is 6.08 Å². The van der Waals surface area contributed by atoms with E-state index in [-0.39, 0.29) is 12.2 Å². The Labute approximate surface area is 239 Å². The number of carbonyl (C=O) groups is 1. The van der Waals surface area contributed by atoms with Crippen molar-refractivity contribution in [1.29, 1.82) is 0 Å². The van der Waals surface area contributed by atoms with E-state index in [4.69, 9.17) is 32.7 Å². The topological polar surface area (TPSA) is 69.9 Å². The van der Waals surface area contributed by atoms with Crippen molar-refractivity contribution < 1.29 is 14.3 Å². The van der Waals surface area contributed by atoms with Crippen LogP contribution in [-0.2, 0) is 16.1 Å². The van der Waals surface area contributed by atoms with E-state index in [9.17, 15) is 9.59 Å². The first-order valence-electron chi connectivity index (χ1n) is 12.3. The van der Waals surface area contributed by atoms with Gasteiger partial charge in [0.25, 0.3) is 5.56 Å². The second-order valence-electron chi connectivity index (χ2n) is 8.81. The normalized spacial score (nSPS) is 15.1. The summed E-state index contributed by atoms with van der Waals surface area (Å²) in [6, 6.07) is 21.1. The molecule has 39 heavy (non-hydrogen) atoms. The van der Waals surface area contributed by atoms with Crippen molar-refractivity contribution in [3.63, 3.8) is 0 Å². The van der Waals surface area contributed by atoms with Crippen LogP contribution in [0.1, 0.15) is 36.6 Å². The molecular weight excluding hydrogens is 555 g/mol. The summed E-state index contributed by atoms with van der Waals surface area (Å²) in [6.07, 6.45) is 1.71. The van der Waals surface area contributed by atoms with Crippen molar-refractivity contribution in [2.75, 3.05) is 6.61 Å². The lowest BCUT2D eigenvalue weighted by molar-refractivity contribution is -0.140. The van der Waals surface area contributed by atoms with Gasteiger partial charge in [-0.25, -0.2) is 9.79 Å². The fourth-order valence-electron chi connectivity index (χ4n) is 4.37. The van der Waals surface area contributed by atoms with E-state index >= 15 is 0 Å². The fraction of sp³-hybridized carbons (Fsp3) is 0.167. The molecule has 0 radical (unpaired) electrons. The van der Waals surface area contributed by atoms with Crippen LogP contribution >= 0.6 is 34.5 Å². The van der Waals surface area contributed by atoms with E-state index in [0.717, 1.165) is 11.1 Å². The molecule has 3 aromatic carbocycles. The van der Waals surface area contributed by atoms with Gasteiger partial charge in [0.05, 0.1) is 28.5 Å². The van der Waals surface area contributed by atoms with Gasteiger partial charge in [0.15, 0.2) is 4.80 Å². The molecule has 0 aliphatic carbocycles. The molecule has 6 nitrogen and oxygen atoms in total. The predicted molar refractivity (Wildman–Crippen MR) is 154 cm³/mol. The minimum absolute atomic E-state index is 0.103. The first-order valence-corrected chi connectivity index (χ1v) is 13.8. The molecule has 1 atom stereocenters. The third kappa shape index (κ3) is 5.71. The number of benzene rings is 3. The van der Waals surface area contributed by atoms with E-state index in [1.807, 2.05) is 61.5 Å². The first kappa shape index (κ1) is 26.9. The van der Waals surface area contributed by atoms with Crippen molar-refractivity contribution in [2.24, 2.45) is 4.99 Å². The maximum atomic E-state index is 13.8. The molecular formula is C30H24Cl2N2O4S. The smallest absolute Gasteiger partial charge is 0.338 e. The van der Waals surface area contributed by atoms with Crippen LogP contribution in [0.4, 0.5) is 0 Å². The molecule has 4 aromatic rings. The molecule has 0 spiro atoms. The highest BCUT2D eigenvalue weighted by molar-refractivity contribution is 7.07. The molecule has 0 fully saturated rings. The minimum atomic E-state index is -0.733. The van der Waals surface area contributed by atoms with Gasteiger partial charge in [0, 0.05) is 10.0 Å². The first-order chi connectivity index (χ1) is 18.9. The summed E-state index contributed by atoms with van der Waals surface area (Å²) in [6.45, 7) is 4.30. The fourth-order valence-corrected chi connectivity index (χ4v) is 5.87. The van der Waals surface area contributed by atoms with Crippen molar-refractivity contribution in [2.45, 2.75) is 26.5 Å². The highest BCUT2D eigenvalue weighted by atomic mass is 35.5. The minimum Gasteiger partial charge on any atom is -0.494 e. The van der Waals surface area contributed by atoms with Crippen LogP contribution in [0.3, 0.4) is 0 Å². The molecule has 0 saturated carbocycles. The molecule has 0 saturated heterocycles. The summed E-state index contributed by atoms with van der Waals surface area (Å²) < 4.78 is 13.3. The van der Waals surface area contributed by atoms with Crippen molar-refractivity contribution in [1.82, 2.24) is 4.57 Å². The monoisotopic (exact) mass is 578 g/mol. The van der Waals surface area contributed by atoms with E-state index in [0.29, 0.717) is 48.6 Å². The summed E-state index contributed by atoms with van der Waals surface area (Å²) in [5.41, 5.74) is 2.76. The lowest BCUT2D eigenvalue weighted by atomic mass is 9.96. The number of esters is 1. The molecule has 1 unspecified atom stereocenters. The Kier molecular flexibility index (Phi) is 8.02. The standard InChI is InChI=1S/C30H24Cl2N2O4S/c1-3-37-23-13-10-20(11-14-23)27-26(29(36)38-17-19-7-5-4-6-8-19)18(2)33-30-34(27)28(35)25(39-30)15-21-9-12-22(31)16-24(21)32/h4-16,27H,3,17H2,1-2H3. The second-order valence-corrected chi connectivity index (χ2v) is 10.7. The predicted octanol–water partition coefficient (Wildman–Crippen LogP) is 5.68. The number of rotatable bonds is 7. The molecule has 1 aromatic heterocycles. The van der Waals surface area contributed by atoms with Crippen LogP contribution in [-0.4, -0.2) is 17.1 Å². The van der Waals surface area contributed by atoms with E-state index in [2.05, 4.69) is 4.99 Å². The largest absolute Gasteiger partial charge is 0.494 e. The third-order valence-corrected chi connectivity index (χ3v) is 7.76. The van der Waals surface area contributed by atoms with Crippen LogP contribution < -0.4 is 19.6 Å². The second kappa shape index (κ2) is 11.6. The zero-order chi connectivity index (χ0) is 27.5. The van der Waals surface area contributed by atoms with Gasteiger partial charge >= 0.3 is 5.97 Å². The average molecular weight is 580 g/mol. The third-order valence-electron chi connectivity index (χ3n) is 6.21. The highest BCUT2D eigenvalue weighted by Gasteiger charge is 2.33. The number of thiazole rings is 1. The molecule has 5 rings (SSSR count). The molecule has 9 heteroatoms. The highest BCUT2D eigenvalue weighted by Crippen LogP contribution is 2.32. The van der Waals surface area contributed by atoms with Gasteiger partial charge < -0.3 is 9.47 Å². The number of nitrogens with zero attached hydrogens (tertiary/aromatic N) is 2. The van der Waals surface area contributed by atoms with Crippen LogP contribution in [0.2, 0.25) is 10.0 Å². The average Bonchev–Trinajstić information content (AvgIpc) is 3.23. The Morgan fingerprint density at radius 3 is 2.51 bits per heavy atom. The quantitative estimate of drug-likeness (QED) is 0.264. The maximum absolute atomic E-state index is 13.8. The molecule has 0 bridgehead atoms. The molecule has 2 heterocycles. The van der Waals surface area contributed by atoms with Crippen molar-refractivity contribution in [3.05, 3.63) is 130 Å². The molecule has 0 N–H and O–H groups in total. The zero-order valence-corrected chi connectivity index (χ0v) is 23.5. The number of ether oxygens (including phenoxy) is 2. The van der Waals surface area contributed by atoms with Gasteiger partial charge in [-0.2, -0.15) is 0 Å². The van der Waals surface area contributed by atoms with Crippen molar-refractivity contribution in [3.8, 4) is 5.75 Å². The number of hydrogen-bond acceptors (Lipinski definition) is 6. The number of hydrogen-bond donors (Lipinski definition) is 0. The SMILES string of the molecule is CCOc1ccc(C2C(C(=O)OCc3ccccc3)=C(C)N=c3sc(=Cc4ccc(Cl)cc4Cl)c(=O)n32)cc1. The number of fused-ring (bicyclic) bond motifs is 1. The molecule has 1 aliphatic heterocycles. The Morgan fingerprint density at radius 1 is 1.08 bits per heavy atom. The van der Waals surface area contributed by atoms with Crippen LogP contribution in [0, 0.1) is 0 Å². The van der Waals surface area contributed by atoms with E-state index in [1.54, 1.807) is 35.8 Å². The van der Waals surface area contributed by atoms with Crippen molar-refractivity contribution >= 4 is 46.6 Å². The molecule has 198 valence electrons. The molecule has 0 amide bonds. The lowest BCUT2D eigenvalue weighted by Crippen LogP contribution is -2.39. The summed E-state index contributed by atoms with van der Waals surface area (Å²) in [4.78, 5) is 32.5. The van der Waals surface area contributed by atoms with Crippen LogP contribution in [0.5, 0.6) is 5.75 Å². The van der Waals surface area contributed by atoms with Gasteiger partial charge in [0.2, 0.25) is 0 Å². The molecule has 1 aliphatic rings. The van der Waals surface area contributed by atoms with E-state index in [1.165, 1.54) is 11.3 Å². The van der Waals surface area contributed by atoms with Gasteiger partial charge in [-0.05, 0) is 60.9 Å². The van der Waals surface area contributed by atoms with Gasteiger partial charge in [0.1, 0.15) is 12.4 Å². The lowest BCUT2D eigenvalue weighted by Gasteiger charge is -2.25. The van der Waals surface area contributed by atoms with E-state index < -0.39 is 12.0 Å². The Hall–Kier alpha value is -3.65.